The first-order valence-electron chi connectivity index (χ1n) is 8.84. The maximum atomic E-state index is 5.79. The summed E-state index contributed by atoms with van der Waals surface area (Å²) in [7, 11) is 0. The molecular formula is C21H19N3O. The van der Waals surface area contributed by atoms with E-state index >= 15 is 0 Å². The molecule has 0 bridgehead atoms. The average Bonchev–Trinajstić information content (AvgIpc) is 3.20. The SMILES string of the molecule is c1ccc(Cn2nc(-c3nc(C4CCC4)co3)c3ccccc32)cc1. The topological polar surface area (TPSA) is 43.9 Å². The minimum atomic E-state index is 0.565. The summed E-state index contributed by atoms with van der Waals surface area (Å²) in [5, 5.41) is 5.92. The van der Waals surface area contributed by atoms with E-state index in [0.29, 0.717) is 11.8 Å². The number of hydrogen-bond acceptors (Lipinski definition) is 3. The van der Waals surface area contributed by atoms with Crippen LogP contribution in [0.5, 0.6) is 0 Å². The van der Waals surface area contributed by atoms with E-state index in [1.54, 1.807) is 0 Å². The second-order valence-electron chi connectivity index (χ2n) is 6.71. The van der Waals surface area contributed by atoms with Crippen molar-refractivity contribution in [1.29, 1.82) is 0 Å². The molecular weight excluding hydrogens is 310 g/mol. The van der Waals surface area contributed by atoms with Crippen LogP contribution in [0.3, 0.4) is 0 Å². The molecule has 1 aliphatic rings. The Labute approximate surface area is 146 Å². The van der Waals surface area contributed by atoms with Gasteiger partial charge in [-0.15, -0.1) is 0 Å². The first-order valence-corrected chi connectivity index (χ1v) is 8.84. The van der Waals surface area contributed by atoms with Gasteiger partial charge in [-0.25, -0.2) is 4.98 Å². The van der Waals surface area contributed by atoms with Gasteiger partial charge in [0.15, 0.2) is 5.69 Å². The van der Waals surface area contributed by atoms with Crippen LogP contribution in [0.4, 0.5) is 0 Å². The van der Waals surface area contributed by atoms with Crippen molar-refractivity contribution in [1.82, 2.24) is 14.8 Å². The van der Waals surface area contributed by atoms with Gasteiger partial charge in [0.05, 0.1) is 17.8 Å². The summed E-state index contributed by atoms with van der Waals surface area (Å²) in [6.45, 7) is 0.734. The number of benzene rings is 2. The summed E-state index contributed by atoms with van der Waals surface area (Å²) < 4.78 is 7.83. The summed E-state index contributed by atoms with van der Waals surface area (Å²) in [4.78, 5) is 4.73. The van der Waals surface area contributed by atoms with E-state index in [0.717, 1.165) is 28.8 Å². The van der Waals surface area contributed by atoms with E-state index in [1.165, 1.54) is 24.8 Å². The summed E-state index contributed by atoms with van der Waals surface area (Å²) >= 11 is 0. The molecule has 1 aliphatic carbocycles. The molecule has 1 fully saturated rings. The largest absolute Gasteiger partial charge is 0.443 e. The molecule has 4 heteroatoms. The predicted octanol–water partition coefficient (Wildman–Crippen LogP) is 5.01. The lowest BCUT2D eigenvalue weighted by Gasteiger charge is -2.22. The van der Waals surface area contributed by atoms with Crippen LogP contribution in [-0.4, -0.2) is 14.8 Å². The molecule has 5 rings (SSSR count). The molecule has 1 saturated carbocycles. The van der Waals surface area contributed by atoms with Gasteiger partial charge in [0, 0.05) is 11.3 Å². The maximum absolute atomic E-state index is 5.79. The average molecular weight is 329 g/mol. The number of fused-ring (bicyclic) bond motifs is 1. The van der Waals surface area contributed by atoms with Gasteiger partial charge in [-0.3, -0.25) is 4.68 Å². The lowest BCUT2D eigenvalue weighted by molar-refractivity contribution is 0.409. The van der Waals surface area contributed by atoms with Crippen LogP contribution in [0.1, 0.15) is 36.4 Å². The lowest BCUT2D eigenvalue weighted by Crippen LogP contribution is -2.08. The normalized spacial score (nSPS) is 14.7. The highest BCUT2D eigenvalue weighted by molar-refractivity contribution is 5.91. The Balaban J connectivity index is 1.57. The molecule has 2 aromatic carbocycles. The molecule has 124 valence electrons. The van der Waals surface area contributed by atoms with Crippen molar-refractivity contribution in [2.75, 3.05) is 0 Å². The molecule has 0 N–H and O–H groups in total. The van der Waals surface area contributed by atoms with Crippen molar-refractivity contribution in [3.8, 4) is 11.6 Å². The van der Waals surface area contributed by atoms with Crippen molar-refractivity contribution in [2.45, 2.75) is 31.7 Å². The van der Waals surface area contributed by atoms with Gasteiger partial charge in [-0.1, -0.05) is 55.0 Å². The highest BCUT2D eigenvalue weighted by Crippen LogP contribution is 2.37. The zero-order chi connectivity index (χ0) is 16.6. The van der Waals surface area contributed by atoms with Crippen molar-refractivity contribution >= 4 is 10.9 Å². The first-order chi connectivity index (χ1) is 12.4. The maximum Gasteiger partial charge on any atom is 0.247 e. The zero-order valence-electron chi connectivity index (χ0n) is 13.9. The van der Waals surface area contributed by atoms with Crippen LogP contribution in [0.25, 0.3) is 22.5 Å². The van der Waals surface area contributed by atoms with Crippen molar-refractivity contribution in [3.05, 3.63) is 72.1 Å². The fraction of sp³-hybridized carbons (Fsp3) is 0.238. The van der Waals surface area contributed by atoms with E-state index in [9.17, 15) is 0 Å². The smallest absolute Gasteiger partial charge is 0.247 e. The van der Waals surface area contributed by atoms with Gasteiger partial charge in [-0.05, 0) is 24.5 Å². The predicted molar refractivity (Wildman–Crippen MR) is 97.4 cm³/mol. The van der Waals surface area contributed by atoms with Crippen LogP contribution in [-0.2, 0) is 6.54 Å². The highest BCUT2D eigenvalue weighted by Gasteiger charge is 2.24. The molecule has 0 unspecified atom stereocenters. The molecule has 0 radical (unpaired) electrons. The van der Waals surface area contributed by atoms with Gasteiger partial charge >= 0.3 is 0 Å². The standard InChI is InChI=1S/C21H19N3O/c1-2-7-15(8-3-1)13-24-19-12-5-4-11-17(19)20(23-24)21-22-18(14-25-21)16-9-6-10-16/h1-5,7-8,11-12,14,16H,6,9-10,13H2. The second-order valence-corrected chi connectivity index (χ2v) is 6.71. The summed E-state index contributed by atoms with van der Waals surface area (Å²) in [5.41, 5.74) is 4.23. The Hall–Kier alpha value is -2.88. The minimum Gasteiger partial charge on any atom is -0.443 e. The Morgan fingerprint density at radius 3 is 2.60 bits per heavy atom. The van der Waals surface area contributed by atoms with Gasteiger partial charge < -0.3 is 4.42 Å². The molecule has 25 heavy (non-hydrogen) atoms. The molecule has 0 atom stereocenters. The van der Waals surface area contributed by atoms with Crippen LogP contribution >= 0.6 is 0 Å². The number of aromatic nitrogens is 3. The third-order valence-corrected chi connectivity index (χ3v) is 5.08. The molecule has 4 nitrogen and oxygen atoms in total. The fourth-order valence-electron chi connectivity index (χ4n) is 3.45. The molecule has 2 aromatic heterocycles. The molecule has 0 spiro atoms. The Morgan fingerprint density at radius 2 is 1.80 bits per heavy atom. The first kappa shape index (κ1) is 14.5. The van der Waals surface area contributed by atoms with Gasteiger partial charge in [-0.2, -0.15) is 5.10 Å². The van der Waals surface area contributed by atoms with Crippen LogP contribution in [0, 0.1) is 0 Å². The quantitative estimate of drug-likeness (QED) is 0.529. The second kappa shape index (κ2) is 5.88. The van der Waals surface area contributed by atoms with E-state index in [2.05, 4.69) is 36.4 Å². The Morgan fingerprint density at radius 1 is 1.00 bits per heavy atom. The van der Waals surface area contributed by atoms with E-state index in [4.69, 9.17) is 14.5 Å². The van der Waals surface area contributed by atoms with Crippen molar-refractivity contribution in [2.24, 2.45) is 0 Å². The van der Waals surface area contributed by atoms with Crippen LogP contribution in [0.2, 0.25) is 0 Å². The number of rotatable bonds is 4. The summed E-state index contributed by atoms with van der Waals surface area (Å²) in [6.07, 6.45) is 5.54. The highest BCUT2D eigenvalue weighted by atomic mass is 16.3. The zero-order valence-corrected chi connectivity index (χ0v) is 13.9. The minimum absolute atomic E-state index is 0.565. The number of hydrogen-bond donors (Lipinski definition) is 0. The molecule has 0 amide bonds. The summed E-state index contributed by atoms with van der Waals surface area (Å²) in [6, 6.07) is 18.7. The number of nitrogens with zero attached hydrogens (tertiary/aromatic N) is 3. The van der Waals surface area contributed by atoms with E-state index in [1.807, 2.05) is 29.1 Å². The number of oxazole rings is 1. The Kier molecular flexibility index (Phi) is 3.40. The van der Waals surface area contributed by atoms with Crippen molar-refractivity contribution < 1.29 is 4.42 Å². The Bertz CT molecular complexity index is 1010. The molecule has 4 aromatic rings. The molecule has 0 aliphatic heterocycles. The lowest BCUT2D eigenvalue weighted by atomic mass is 9.83. The fourth-order valence-corrected chi connectivity index (χ4v) is 3.45. The third-order valence-electron chi connectivity index (χ3n) is 5.08. The number of para-hydroxylation sites is 1. The van der Waals surface area contributed by atoms with Crippen molar-refractivity contribution in [3.63, 3.8) is 0 Å². The van der Waals surface area contributed by atoms with Gasteiger partial charge in [0.25, 0.3) is 0 Å². The van der Waals surface area contributed by atoms with E-state index in [-0.39, 0.29) is 0 Å². The monoisotopic (exact) mass is 329 g/mol. The molecule has 0 saturated heterocycles. The van der Waals surface area contributed by atoms with Crippen LogP contribution in [0.15, 0.2) is 65.3 Å². The third kappa shape index (κ3) is 2.54. The van der Waals surface area contributed by atoms with Gasteiger partial charge in [0.2, 0.25) is 5.89 Å². The summed E-state index contributed by atoms with van der Waals surface area (Å²) in [5.74, 6) is 1.19. The molecule has 2 heterocycles. The van der Waals surface area contributed by atoms with Gasteiger partial charge in [0.1, 0.15) is 6.26 Å². The van der Waals surface area contributed by atoms with Crippen LogP contribution < -0.4 is 0 Å². The van der Waals surface area contributed by atoms with E-state index < -0.39 is 0 Å².